The number of hydrogen-bond acceptors (Lipinski definition) is 4. The Morgan fingerprint density at radius 2 is 2.32 bits per heavy atom. The molecule has 0 radical (unpaired) electrons. The van der Waals surface area contributed by atoms with Crippen LogP contribution in [0.25, 0.3) is 0 Å². The van der Waals surface area contributed by atoms with Crippen LogP contribution in [0.2, 0.25) is 0 Å². The molecule has 3 N–H and O–H groups in total. The minimum atomic E-state index is -3.45. The molecule has 0 amide bonds. The molecule has 1 aliphatic rings. The second-order valence-electron chi connectivity index (χ2n) is 4.51. The maximum Gasteiger partial charge on any atom is 0.280 e. The van der Waals surface area contributed by atoms with Crippen LogP contribution in [-0.4, -0.2) is 31.9 Å². The third-order valence-corrected chi connectivity index (χ3v) is 6.79. The van der Waals surface area contributed by atoms with Crippen molar-refractivity contribution in [2.45, 2.75) is 31.8 Å². The zero-order chi connectivity index (χ0) is 13.9. The Labute approximate surface area is 126 Å². The van der Waals surface area contributed by atoms with Crippen molar-refractivity contribution in [2.24, 2.45) is 5.73 Å². The van der Waals surface area contributed by atoms with E-state index < -0.39 is 10.2 Å². The van der Waals surface area contributed by atoms with Crippen LogP contribution in [0.5, 0.6) is 0 Å². The molecule has 0 saturated carbocycles. The molecule has 0 bridgehead atoms. The Morgan fingerprint density at radius 1 is 1.53 bits per heavy atom. The molecule has 2 rings (SSSR count). The molecule has 1 aromatic rings. The number of nitrogens with zero attached hydrogens (tertiary/aromatic N) is 1. The van der Waals surface area contributed by atoms with Crippen LogP contribution in [0.15, 0.2) is 15.9 Å². The largest absolute Gasteiger partial charge is 0.329 e. The van der Waals surface area contributed by atoms with Gasteiger partial charge < -0.3 is 5.73 Å². The van der Waals surface area contributed by atoms with Crippen molar-refractivity contribution in [1.82, 2.24) is 9.03 Å². The quantitative estimate of drug-likeness (QED) is 0.830. The monoisotopic (exact) mass is 367 g/mol. The summed E-state index contributed by atoms with van der Waals surface area (Å²) < 4.78 is 29.7. The Bertz CT molecular complexity index is 518. The summed E-state index contributed by atoms with van der Waals surface area (Å²) in [5, 5.41) is 1.93. The van der Waals surface area contributed by atoms with E-state index in [9.17, 15) is 8.42 Å². The SMILES string of the molecule is NCC1CCCCN1S(=O)(=O)NCc1sccc1Br. The van der Waals surface area contributed by atoms with Crippen molar-refractivity contribution in [3.63, 3.8) is 0 Å². The van der Waals surface area contributed by atoms with Crippen molar-refractivity contribution in [1.29, 1.82) is 0 Å². The molecule has 1 aliphatic heterocycles. The average Bonchev–Trinajstić information content (AvgIpc) is 2.82. The molecule has 1 aromatic heterocycles. The molecule has 1 atom stereocenters. The fourth-order valence-corrected chi connectivity index (χ4v) is 5.19. The van der Waals surface area contributed by atoms with Gasteiger partial charge in [0.15, 0.2) is 0 Å². The Kier molecular flexibility index (Phi) is 5.38. The first-order valence-corrected chi connectivity index (χ1v) is 9.34. The zero-order valence-corrected chi connectivity index (χ0v) is 13.7. The van der Waals surface area contributed by atoms with Gasteiger partial charge in [0.2, 0.25) is 0 Å². The van der Waals surface area contributed by atoms with E-state index in [1.165, 1.54) is 15.6 Å². The van der Waals surface area contributed by atoms with Gasteiger partial charge in [-0.1, -0.05) is 6.42 Å². The number of nitrogens with one attached hydrogen (secondary N) is 1. The van der Waals surface area contributed by atoms with Gasteiger partial charge in [-0.3, -0.25) is 0 Å². The summed E-state index contributed by atoms with van der Waals surface area (Å²) in [4.78, 5) is 0.977. The highest BCUT2D eigenvalue weighted by Gasteiger charge is 2.31. The first-order valence-electron chi connectivity index (χ1n) is 6.23. The number of piperidine rings is 1. The van der Waals surface area contributed by atoms with Gasteiger partial charge in [-0.15, -0.1) is 11.3 Å². The molecule has 19 heavy (non-hydrogen) atoms. The average molecular weight is 368 g/mol. The second-order valence-corrected chi connectivity index (χ2v) is 8.08. The number of thiophene rings is 1. The second kappa shape index (κ2) is 6.64. The number of halogens is 1. The number of rotatable bonds is 5. The van der Waals surface area contributed by atoms with E-state index in [0.717, 1.165) is 28.6 Å². The van der Waals surface area contributed by atoms with Crippen LogP contribution in [0.1, 0.15) is 24.1 Å². The number of nitrogens with two attached hydrogens (primary N) is 1. The Hall–Kier alpha value is 0.01000. The van der Waals surface area contributed by atoms with Crippen molar-refractivity contribution in [2.75, 3.05) is 13.1 Å². The lowest BCUT2D eigenvalue weighted by molar-refractivity contribution is 0.254. The maximum atomic E-state index is 12.3. The molecular weight excluding hydrogens is 350 g/mol. The normalized spacial score (nSPS) is 21.7. The van der Waals surface area contributed by atoms with Gasteiger partial charge in [-0.2, -0.15) is 17.4 Å². The van der Waals surface area contributed by atoms with Gasteiger partial charge in [0.05, 0.1) is 0 Å². The first-order chi connectivity index (χ1) is 9.04. The van der Waals surface area contributed by atoms with Crippen LogP contribution in [0.4, 0.5) is 0 Å². The van der Waals surface area contributed by atoms with Crippen LogP contribution < -0.4 is 10.5 Å². The van der Waals surface area contributed by atoms with Gasteiger partial charge in [0.1, 0.15) is 0 Å². The maximum absolute atomic E-state index is 12.3. The molecule has 0 aromatic carbocycles. The lowest BCUT2D eigenvalue weighted by atomic mass is 10.1. The molecule has 5 nitrogen and oxygen atoms in total. The van der Waals surface area contributed by atoms with Crippen molar-refractivity contribution < 1.29 is 8.42 Å². The van der Waals surface area contributed by atoms with E-state index in [0.29, 0.717) is 19.6 Å². The van der Waals surface area contributed by atoms with Gasteiger partial charge in [-0.05, 0) is 40.2 Å². The van der Waals surface area contributed by atoms with Gasteiger partial charge in [-0.25, -0.2) is 0 Å². The van der Waals surface area contributed by atoms with E-state index in [2.05, 4.69) is 20.7 Å². The summed E-state index contributed by atoms with van der Waals surface area (Å²) in [6.45, 7) is 1.25. The lowest BCUT2D eigenvalue weighted by Crippen LogP contribution is -2.51. The standard InChI is InChI=1S/C11H18BrN3O2S2/c12-10-4-6-18-11(10)8-14-19(16,17)15-5-2-1-3-9(15)7-13/h4,6,9,14H,1-3,5,7-8,13H2. The molecule has 2 heterocycles. The highest BCUT2D eigenvalue weighted by atomic mass is 79.9. The van der Waals surface area contributed by atoms with Crippen molar-refractivity contribution >= 4 is 37.5 Å². The van der Waals surface area contributed by atoms with E-state index in [1.54, 1.807) is 0 Å². The fourth-order valence-electron chi connectivity index (χ4n) is 2.22. The summed E-state index contributed by atoms with van der Waals surface area (Å²) in [6.07, 6.45) is 2.80. The smallest absolute Gasteiger partial charge is 0.280 e. The fraction of sp³-hybridized carbons (Fsp3) is 0.636. The molecule has 0 spiro atoms. The number of hydrogen-bond donors (Lipinski definition) is 2. The molecule has 1 fully saturated rings. The first kappa shape index (κ1) is 15.4. The molecular formula is C11H18BrN3O2S2. The summed E-state index contributed by atoms with van der Waals surface area (Å²) in [7, 11) is -3.45. The summed E-state index contributed by atoms with van der Waals surface area (Å²) >= 11 is 4.92. The predicted molar refractivity (Wildman–Crippen MR) is 81.2 cm³/mol. The summed E-state index contributed by atoms with van der Waals surface area (Å²) in [5.74, 6) is 0. The van der Waals surface area contributed by atoms with Gasteiger partial charge in [0.25, 0.3) is 10.2 Å². The summed E-state index contributed by atoms with van der Waals surface area (Å²) in [5.41, 5.74) is 5.67. The molecule has 8 heteroatoms. The molecule has 1 unspecified atom stereocenters. The third-order valence-electron chi connectivity index (χ3n) is 3.26. The molecule has 1 saturated heterocycles. The third kappa shape index (κ3) is 3.77. The van der Waals surface area contributed by atoms with Crippen molar-refractivity contribution in [3.05, 3.63) is 20.8 Å². The highest BCUT2D eigenvalue weighted by Crippen LogP contribution is 2.23. The van der Waals surface area contributed by atoms with Crippen LogP contribution >= 0.6 is 27.3 Å². The summed E-state index contributed by atoms with van der Waals surface area (Å²) in [6, 6.07) is 1.84. The van der Waals surface area contributed by atoms with Crippen LogP contribution in [0, 0.1) is 0 Å². The minimum absolute atomic E-state index is 0.0713. The van der Waals surface area contributed by atoms with E-state index in [1.807, 2.05) is 11.4 Å². The zero-order valence-electron chi connectivity index (χ0n) is 10.5. The van der Waals surface area contributed by atoms with Crippen LogP contribution in [-0.2, 0) is 16.8 Å². The minimum Gasteiger partial charge on any atom is -0.329 e. The Balaban J connectivity index is 2.03. The molecule has 0 aliphatic carbocycles. The van der Waals surface area contributed by atoms with Gasteiger partial charge in [0, 0.05) is 35.0 Å². The van der Waals surface area contributed by atoms with E-state index in [-0.39, 0.29) is 6.04 Å². The van der Waals surface area contributed by atoms with Gasteiger partial charge >= 0.3 is 0 Å². The highest BCUT2D eigenvalue weighted by molar-refractivity contribution is 9.10. The van der Waals surface area contributed by atoms with Crippen LogP contribution in [0.3, 0.4) is 0 Å². The lowest BCUT2D eigenvalue weighted by Gasteiger charge is -2.33. The predicted octanol–water partition coefficient (Wildman–Crippen LogP) is 1.66. The molecule has 108 valence electrons. The van der Waals surface area contributed by atoms with E-state index in [4.69, 9.17) is 5.73 Å². The Morgan fingerprint density at radius 3 is 2.95 bits per heavy atom. The van der Waals surface area contributed by atoms with E-state index >= 15 is 0 Å². The topological polar surface area (TPSA) is 75.4 Å². The van der Waals surface area contributed by atoms with Crippen molar-refractivity contribution in [3.8, 4) is 0 Å².